The molecule has 5 heteroatoms. The lowest BCUT2D eigenvalue weighted by Crippen LogP contribution is -2.38. The Labute approximate surface area is 173 Å². The lowest BCUT2D eigenvalue weighted by atomic mass is 9.85. The highest BCUT2D eigenvalue weighted by atomic mass is 16.2. The maximum atomic E-state index is 12.0. The molecule has 2 atom stereocenters. The number of nitriles is 1. The summed E-state index contributed by atoms with van der Waals surface area (Å²) in [5.41, 5.74) is 2.61. The molecule has 0 saturated carbocycles. The van der Waals surface area contributed by atoms with Crippen molar-refractivity contribution in [2.24, 2.45) is 5.92 Å². The number of rotatable bonds is 8. The topological polar surface area (TPSA) is 77.0 Å². The zero-order valence-corrected chi connectivity index (χ0v) is 16.9. The third kappa shape index (κ3) is 7.24. The summed E-state index contributed by atoms with van der Waals surface area (Å²) in [6.45, 7) is 1.76. The van der Waals surface area contributed by atoms with Crippen molar-refractivity contribution in [2.75, 3.05) is 18.4 Å². The van der Waals surface area contributed by atoms with E-state index in [1.165, 1.54) is 24.8 Å². The Balaban J connectivity index is 1.30. The van der Waals surface area contributed by atoms with E-state index in [9.17, 15) is 4.79 Å². The number of benzene rings is 2. The first kappa shape index (κ1) is 20.9. The first-order valence-electron chi connectivity index (χ1n) is 10.6. The molecule has 1 fully saturated rings. The number of nitrogens with one attached hydrogen (secondary N) is 3. The van der Waals surface area contributed by atoms with Crippen LogP contribution in [0.4, 0.5) is 10.5 Å². The predicted molar refractivity (Wildman–Crippen MR) is 117 cm³/mol. The van der Waals surface area contributed by atoms with E-state index >= 15 is 0 Å². The molecule has 2 aromatic rings. The van der Waals surface area contributed by atoms with Crippen LogP contribution < -0.4 is 16.0 Å². The Morgan fingerprint density at radius 2 is 2.00 bits per heavy atom. The van der Waals surface area contributed by atoms with Crippen LogP contribution in [-0.2, 0) is 6.42 Å². The van der Waals surface area contributed by atoms with Gasteiger partial charge in [-0.05, 0) is 68.3 Å². The van der Waals surface area contributed by atoms with Crippen molar-refractivity contribution in [2.45, 2.75) is 44.6 Å². The highest BCUT2D eigenvalue weighted by Crippen LogP contribution is 2.23. The molecule has 0 spiro atoms. The van der Waals surface area contributed by atoms with Crippen LogP contribution in [-0.4, -0.2) is 25.2 Å². The summed E-state index contributed by atoms with van der Waals surface area (Å²) < 4.78 is 0. The van der Waals surface area contributed by atoms with Crippen LogP contribution in [0.1, 0.15) is 43.2 Å². The fraction of sp³-hybridized carbons (Fsp3) is 0.417. The molecule has 5 nitrogen and oxygen atoms in total. The van der Waals surface area contributed by atoms with E-state index in [0.717, 1.165) is 31.7 Å². The number of anilines is 1. The van der Waals surface area contributed by atoms with Crippen LogP contribution in [0.5, 0.6) is 0 Å². The molecule has 1 heterocycles. The molecule has 29 heavy (non-hydrogen) atoms. The van der Waals surface area contributed by atoms with E-state index in [-0.39, 0.29) is 6.03 Å². The Bertz CT molecular complexity index is 815. The van der Waals surface area contributed by atoms with Gasteiger partial charge in [-0.1, -0.05) is 42.8 Å². The second-order valence-electron chi connectivity index (χ2n) is 7.80. The van der Waals surface area contributed by atoms with E-state index in [1.807, 2.05) is 0 Å². The number of unbranched alkanes of at least 4 members (excludes halogenated alkanes) is 1. The van der Waals surface area contributed by atoms with E-state index < -0.39 is 0 Å². The molecule has 3 rings (SSSR count). The van der Waals surface area contributed by atoms with Crippen LogP contribution in [0.15, 0.2) is 54.6 Å². The van der Waals surface area contributed by atoms with E-state index in [1.54, 1.807) is 24.3 Å². The summed E-state index contributed by atoms with van der Waals surface area (Å²) in [5.74, 6) is 0.761. The smallest absolute Gasteiger partial charge is 0.319 e. The molecular formula is C24H30N4O. The SMILES string of the molecule is N#Cc1cccc(NC(=O)NCCCC[C@@H]2C[C@@H](Cc3ccccc3)CCN2)c1. The van der Waals surface area contributed by atoms with Crippen LogP contribution in [0.2, 0.25) is 0 Å². The third-order valence-electron chi connectivity index (χ3n) is 5.49. The standard InChI is InChI=1S/C24H30N4O/c25-18-21-9-6-11-23(17-21)28-24(29)27-13-5-4-10-22-16-20(12-14-26-22)15-19-7-2-1-3-8-19/h1-3,6-9,11,17,20,22,26H,4-5,10,12-16H2,(H2,27,28,29)/t20-,22-/m1/s1. The van der Waals surface area contributed by atoms with Crippen LogP contribution in [0, 0.1) is 17.2 Å². The monoisotopic (exact) mass is 390 g/mol. The lowest BCUT2D eigenvalue weighted by Gasteiger charge is -2.30. The number of hydrogen-bond acceptors (Lipinski definition) is 3. The normalized spacial score (nSPS) is 18.6. The minimum Gasteiger partial charge on any atom is -0.338 e. The Morgan fingerprint density at radius 1 is 1.14 bits per heavy atom. The summed E-state index contributed by atoms with van der Waals surface area (Å²) in [5, 5.41) is 18.2. The molecular weight excluding hydrogens is 360 g/mol. The molecule has 0 bridgehead atoms. The average Bonchev–Trinajstić information content (AvgIpc) is 2.74. The van der Waals surface area contributed by atoms with Gasteiger partial charge < -0.3 is 16.0 Å². The molecule has 2 amide bonds. The minimum atomic E-state index is -0.223. The van der Waals surface area contributed by atoms with Crippen molar-refractivity contribution >= 4 is 11.7 Å². The van der Waals surface area contributed by atoms with E-state index in [4.69, 9.17) is 5.26 Å². The Morgan fingerprint density at radius 3 is 2.83 bits per heavy atom. The maximum absolute atomic E-state index is 12.0. The van der Waals surface area contributed by atoms with Gasteiger partial charge in [0, 0.05) is 18.3 Å². The molecule has 0 aromatic heterocycles. The summed E-state index contributed by atoms with van der Waals surface area (Å²) in [6.07, 6.45) is 6.87. The first-order chi connectivity index (χ1) is 14.2. The molecule has 2 aromatic carbocycles. The fourth-order valence-corrected chi connectivity index (χ4v) is 4.01. The van der Waals surface area contributed by atoms with E-state index in [2.05, 4.69) is 52.4 Å². The first-order valence-corrected chi connectivity index (χ1v) is 10.6. The van der Waals surface area contributed by atoms with Crippen LogP contribution in [0.25, 0.3) is 0 Å². The van der Waals surface area contributed by atoms with Gasteiger partial charge in [0.2, 0.25) is 0 Å². The molecule has 0 aliphatic carbocycles. The Hall–Kier alpha value is -2.84. The molecule has 0 radical (unpaired) electrons. The number of hydrogen-bond donors (Lipinski definition) is 3. The van der Waals surface area contributed by atoms with Gasteiger partial charge in [0.25, 0.3) is 0 Å². The summed E-state index contributed by atoms with van der Waals surface area (Å²) in [6, 6.07) is 20.1. The highest BCUT2D eigenvalue weighted by Gasteiger charge is 2.21. The predicted octanol–water partition coefficient (Wildman–Crippen LogP) is 4.46. The fourth-order valence-electron chi connectivity index (χ4n) is 4.01. The van der Waals surface area contributed by atoms with Crippen LogP contribution >= 0.6 is 0 Å². The van der Waals surface area contributed by atoms with Gasteiger partial charge in [-0.15, -0.1) is 0 Å². The molecule has 152 valence electrons. The number of carbonyl (C=O) groups is 1. The molecule has 0 unspecified atom stereocenters. The van der Waals surface area contributed by atoms with Crippen LogP contribution in [0.3, 0.4) is 0 Å². The van der Waals surface area contributed by atoms with Gasteiger partial charge in [-0.3, -0.25) is 0 Å². The maximum Gasteiger partial charge on any atom is 0.319 e. The van der Waals surface area contributed by atoms with Gasteiger partial charge in [-0.25, -0.2) is 4.79 Å². The number of urea groups is 1. The lowest BCUT2D eigenvalue weighted by molar-refractivity contribution is 0.251. The average molecular weight is 391 g/mol. The van der Waals surface area contributed by atoms with Crippen molar-refractivity contribution in [3.8, 4) is 6.07 Å². The molecule has 3 N–H and O–H groups in total. The van der Waals surface area contributed by atoms with Crippen molar-refractivity contribution in [3.63, 3.8) is 0 Å². The molecule has 1 saturated heterocycles. The van der Waals surface area contributed by atoms with Gasteiger partial charge in [-0.2, -0.15) is 5.26 Å². The zero-order chi connectivity index (χ0) is 20.3. The van der Waals surface area contributed by atoms with Gasteiger partial charge >= 0.3 is 6.03 Å². The van der Waals surface area contributed by atoms with Crippen molar-refractivity contribution < 1.29 is 4.79 Å². The Kier molecular flexibility index (Phi) is 8.09. The number of amides is 2. The van der Waals surface area contributed by atoms with Gasteiger partial charge in [0.15, 0.2) is 0 Å². The number of carbonyl (C=O) groups excluding carboxylic acids is 1. The molecule has 1 aliphatic rings. The van der Waals surface area contributed by atoms with E-state index in [0.29, 0.717) is 23.8 Å². The minimum absolute atomic E-state index is 0.223. The zero-order valence-electron chi connectivity index (χ0n) is 16.9. The van der Waals surface area contributed by atoms with Gasteiger partial charge in [0.1, 0.15) is 0 Å². The van der Waals surface area contributed by atoms with Gasteiger partial charge in [0.05, 0.1) is 11.6 Å². The number of piperidine rings is 1. The number of nitrogens with zero attached hydrogens (tertiary/aromatic N) is 1. The van der Waals surface area contributed by atoms with Crippen molar-refractivity contribution in [1.82, 2.24) is 10.6 Å². The third-order valence-corrected chi connectivity index (χ3v) is 5.49. The molecule has 1 aliphatic heterocycles. The second-order valence-corrected chi connectivity index (χ2v) is 7.80. The quantitative estimate of drug-likeness (QED) is 0.582. The summed E-state index contributed by atoms with van der Waals surface area (Å²) in [7, 11) is 0. The largest absolute Gasteiger partial charge is 0.338 e. The summed E-state index contributed by atoms with van der Waals surface area (Å²) in [4.78, 5) is 12.0. The summed E-state index contributed by atoms with van der Waals surface area (Å²) >= 11 is 0. The van der Waals surface area contributed by atoms with Crippen molar-refractivity contribution in [3.05, 3.63) is 65.7 Å². The highest BCUT2D eigenvalue weighted by molar-refractivity contribution is 5.89. The van der Waals surface area contributed by atoms with Crippen molar-refractivity contribution in [1.29, 1.82) is 5.26 Å². The second kappa shape index (κ2) is 11.2.